The van der Waals surface area contributed by atoms with Gasteiger partial charge in [0, 0.05) is 11.1 Å². The highest BCUT2D eigenvalue weighted by Gasteiger charge is 2.38. The van der Waals surface area contributed by atoms with Crippen LogP contribution in [0.4, 0.5) is 0 Å². The van der Waals surface area contributed by atoms with Crippen LogP contribution in [-0.4, -0.2) is 31.8 Å². The van der Waals surface area contributed by atoms with Crippen molar-refractivity contribution in [3.05, 3.63) is 108 Å². The molecule has 2 atom stereocenters. The Morgan fingerprint density at radius 1 is 0.812 bits per heavy atom. The molecule has 0 saturated carbocycles. The van der Waals surface area contributed by atoms with Crippen LogP contribution in [0, 0.1) is 0 Å². The van der Waals surface area contributed by atoms with Crippen molar-refractivity contribution in [3.63, 3.8) is 0 Å². The summed E-state index contributed by atoms with van der Waals surface area (Å²) in [5, 5.41) is 11.4. The number of benzene rings is 3. The van der Waals surface area contributed by atoms with Crippen LogP contribution in [0.25, 0.3) is 0 Å². The zero-order valence-corrected chi connectivity index (χ0v) is 20.8. The molecule has 0 bridgehead atoms. The molecule has 0 aliphatic rings. The molecule has 3 aromatic carbocycles. The van der Waals surface area contributed by atoms with Gasteiger partial charge in [-0.2, -0.15) is 0 Å². The Kier molecular flexibility index (Phi) is 7.83. The number of aliphatic hydroxyl groups is 1. The van der Waals surface area contributed by atoms with E-state index in [1.165, 1.54) is 0 Å². The van der Waals surface area contributed by atoms with E-state index in [2.05, 4.69) is 58.1 Å². The summed E-state index contributed by atoms with van der Waals surface area (Å²) in [4.78, 5) is 5.14. The molecular weight excluding hydrogens is 410 g/mol. The van der Waals surface area contributed by atoms with Crippen LogP contribution in [-0.2, 0) is 4.43 Å². The zero-order valence-electron chi connectivity index (χ0n) is 19.8. The molecule has 0 heterocycles. The van der Waals surface area contributed by atoms with Gasteiger partial charge in [0.25, 0.3) is 0 Å². The molecule has 0 spiro atoms. The number of rotatable bonds is 8. The van der Waals surface area contributed by atoms with Crippen molar-refractivity contribution in [1.82, 2.24) is 0 Å². The number of nitrogens with zero attached hydrogens (tertiary/aromatic N) is 1. The molecule has 0 aromatic heterocycles. The smallest absolute Gasteiger partial charge is 0.192 e. The van der Waals surface area contributed by atoms with Crippen molar-refractivity contribution in [1.29, 1.82) is 0 Å². The van der Waals surface area contributed by atoms with E-state index in [1.54, 1.807) is 0 Å². The van der Waals surface area contributed by atoms with E-state index in [9.17, 15) is 5.11 Å². The van der Waals surface area contributed by atoms with E-state index in [0.717, 1.165) is 22.4 Å². The molecule has 168 valence electrons. The largest absolute Gasteiger partial charge is 0.415 e. The van der Waals surface area contributed by atoms with Crippen LogP contribution in [0.2, 0.25) is 18.1 Å². The Balaban J connectivity index is 2.04. The first kappa shape index (κ1) is 24.1. The van der Waals surface area contributed by atoms with Gasteiger partial charge in [0.2, 0.25) is 0 Å². The monoisotopic (exact) mass is 445 g/mol. The topological polar surface area (TPSA) is 41.8 Å². The van der Waals surface area contributed by atoms with Gasteiger partial charge < -0.3 is 9.53 Å². The standard InChI is InChI=1S/C28H35NO2Si/c1-28(2,3)32(4,5)31-21-25(27(30)24-19-13-8-14-20-24)29-26(22-15-9-6-10-16-22)23-17-11-7-12-18-23/h6-20,25,27,30H,21H2,1-5H3/t25-,27-/m1/s1. The predicted molar refractivity (Wildman–Crippen MR) is 137 cm³/mol. The van der Waals surface area contributed by atoms with Gasteiger partial charge in [-0.3, -0.25) is 4.99 Å². The van der Waals surface area contributed by atoms with Gasteiger partial charge in [0.15, 0.2) is 8.32 Å². The molecular formula is C28H35NO2Si. The van der Waals surface area contributed by atoms with E-state index >= 15 is 0 Å². The zero-order chi connectivity index (χ0) is 23.2. The van der Waals surface area contributed by atoms with E-state index in [0.29, 0.717) is 6.61 Å². The summed E-state index contributed by atoms with van der Waals surface area (Å²) in [5.41, 5.74) is 3.76. The molecule has 32 heavy (non-hydrogen) atoms. The number of aliphatic imine (C=N–C) groups is 1. The lowest BCUT2D eigenvalue weighted by atomic mass is 9.99. The summed E-state index contributed by atoms with van der Waals surface area (Å²) in [5.74, 6) is 0. The average Bonchev–Trinajstić information content (AvgIpc) is 2.80. The van der Waals surface area contributed by atoms with Crippen LogP contribution in [0.15, 0.2) is 96.0 Å². The van der Waals surface area contributed by atoms with Gasteiger partial charge in [0.05, 0.1) is 12.3 Å². The Hall–Kier alpha value is -2.53. The summed E-state index contributed by atoms with van der Waals surface area (Å²) >= 11 is 0. The Morgan fingerprint density at radius 3 is 1.69 bits per heavy atom. The van der Waals surface area contributed by atoms with Crippen molar-refractivity contribution in [2.75, 3.05) is 6.61 Å². The third-order valence-corrected chi connectivity index (χ3v) is 10.8. The number of hydrogen-bond acceptors (Lipinski definition) is 3. The Labute approximate surface area is 194 Å². The highest BCUT2D eigenvalue weighted by Crippen LogP contribution is 2.37. The normalized spacial score (nSPS) is 13.9. The maximum atomic E-state index is 11.4. The fraction of sp³-hybridized carbons (Fsp3) is 0.321. The molecule has 0 radical (unpaired) electrons. The molecule has 0 aliphatic carbocycles. The van der Waals surface area contributed by atoms with Crippen LogP contribution < -0.4 is 0 Å². The van der Waals surface area contributed by atoms with Crippen LogP contribution >= 0.6 is 0 Å². The lowest BCUT2D eigenvalue weighted by Crippen LogP contribution is -2.43. The SMILES string of the molecule is CC(C)(C)[Si](C)(C)OC[C@@H](N=C(c1ccccc1)c1ccccc1)[C@H](O)c1ccccc1. The van der Waals surface area contributed by atoms with E-state index < -0.39 is 20.5 Å². The second kappa shape index (κ2) is 10.4. The third kappa shape index (κ3) is 6.03. The van der Waals surface area contributed by atoms with Gasteiger partial charge in [-0.25, -0.2) is 0 Å². The van der Waals surface area contributed by atoms with E-state index in [-0.39, 0.29) is 5.04 Å². The minimum absolute atomic E-state index is 0.0840. The fourth-order valence-electron chi connectivity index (χ4n) is 3.26. The molecule has 3 aromatic rings. The molecule has 3 nitrogen and oxygen atoms in total. The minimum Gasteiger partial charge on any atom is -0.415 e. The predicted octanol–water partition coefficient (Wildman–Crippen LogP) is 6.65. The molecule has 4 heteroatoms. The molecule has 0 amide bonds. The van der Waals surface area contributed by atoms with Gasteiger partial charge in [-0.1, -0.05) is 112 Å². The maximum Gasteiger partial charge on any atom is 0.192 e. The lowest BCUT2D eigenvalue weighted by Gasteiger charge is -2.37. The molecule has 0 saturated heterocycles. The van der Waals surface area contributed by atoms with Crippen molar-refractivity contribution in [2.24, 2.45) is 4.99 Å². The van der Waals surface area contributed by atoms with Crippen LogP contribution in [0.1, 0.15) is 43.6 Å². The fourth-order valence-corrected chi connectivity index (χ4v) is 4.28. The van der Waals surface area contributed by atoms with Gasteiger partial charge >= 0.3 is 0 Å². The summed E-state index contributed by atoms with van der Waals surface area (Å²) in [6.07, 6.45) is -0.761. The minimum atomic E-state index is -2.00. The quantitative estimate of drug-likeness (QED) is 0.312. The van der Waals surface area contributed by atoms with Crippen LogP contribution in [0.5, 0.6) is 0 Å². The second-order valence-corrected chi connectivity index (χ2v) is 14.5. The first-order valence-electron chi connectivity index (χ1n) is 11.2. The summed E-state index contributed by atoms with van der Waals surface area (Å²) in [6, 6.07) is 29.6. The van der Waals surface area contributed by atoms with E-state index in [1.807, 2.05) is 66.7 Å². The molecule has 0 unspecified atom stereocenters. The number of hydrogen-bond donors (Lipinski definition) is 1. The molecule has 1 N–H and O–H groups in total. The van der Waals surface area contributed by atoms with Gasteiger partial charge in [0.1, 0.15) is 12.1 Å². The highest BCUT2D eigenvalue weighted by molar-refractivity contribution is 6.74. The van der Waals surface area contributed by atoms with Crippen LogP contribution in [0.3, 0.4) is 0 Å². The molecule has 3 rings (SSSR count). The van der Waals surface area contributed by atoms with Crippen molar-refractivity contribution >= 4 is 14.0 Å². The van der Waals surface area contributed by atoms with Crippen molar-refractivity contribution in [2.45, 2.75) is 51.0 Å². The summed E-state index contributed by atoms with van der Waals surface area (Å²) < 4.78 is 6.54. The first-order chi connectivity index (χ1) is 15.2. The number of aliphatic hydroxyl groups excluding tert-OH is 1. The van der Waals surface area contributed by atoms with E-state index in [4.69, 9.17) is 9.42 Å². The average molecular weight is 446 g/mol. The summed E-state index contributed by atoms with van der Waals surface area (Å²) in [7, 11) is -2.00. The highest BCUT2D eigenvalue weighted by atomic mass is 28.4. The second-order valence-electron chi connectivity index (χ2n) is 9.70. The maximum absolute atomic E-state index is 11.4. The Bertz CT molecular complexity index is 954. The van der Waals surface area contributed by atoms with Gasteiger partial charge in [-0.15, -0.1) is 0 Å². The van der Waals surface area contributed by atoms with Crippen molar-refractivity contribution < 1.29 is 9.53 Å². The summed E-state index contributed by atoms with van der Waals surface area (Å²) in [6.45, 7) is 11.5. The molecule has 0 aliphatic heterocycles. The van der Waals surface area contributed by atoms with Crippen molar-refractivity contribution in [3.8, 4) is 0 Å². The Morgan fingerprint density at radius 2 is 1.25 bits per heavy atom. The van der Waals surface area contributed by atoms with Gasteiger partial charge in [-0.05, 0) is 23.7 Å². The first-order valence-corrected chi connectivity index (χ1v) is 14.2. The molecule has 0 fully saturated rings. The lowest BCUT2D eigenvalue weighted by molar-refractivity contribution is 0.113. The third-order valence-electron chi connectivity index (χ3n) is 6.32.